The molecule has 6 nitrogen and oxygen atoms in total. The third kappa shape index (κ3) is 2.64. The van der Waals surface area contributed by atoms with E-state index in [1.54, 1.807) is 29.3 Å². The van der Waals surface area contributed by atoms with Crippen LogP contribution in [-0.2, 0) is 13.6 Å². The second-order valence-electron chi connectivity index (χ2n) is 4.44. The summed E-state index contributed by atoms with van der Waals surface area (Å²) in [7, 11) is 1.77. The fourth-order valence-corrected chi connectivity index (χ4v) is 3.46. The number of carboxylic acids is 1. The van der Waals surface area contributed by atoms with Crippen molar-refractivity contribution in [3.8, 4) is 0 Å². The van der Waals surface area contributed by atoms with Gasteiger partial charge < -0.3 is 10.4 Å². The van der Waals surface area contributed by atoms with Crippen LogP contribution in [0, 0.1) is 0 Å². The number of aromatic nitrogens is 3. The maximum Gasteiger partial charge on any atom is 0.339 e. The van der Waals surface area contributed by atoms with E-state index in [4.69, 9.17) is 0 Å². The minimum atomic E-state index is -1.01. The Morgan fingerprint density at radius 3 is 3.00 bits per heavy atom. The summed E-state index contributed by atoms with van der Waals surface area (Å²) in [5, 5.41) is 19.3. The number of hydrogen-bond donors (Lipinski definition) is 2. The molecule has 0 atom stereocenters. The monoisotopic (exact) mass is 366 g/mol. The van der Waals surface area contributed by atoms with Gasteiger partial charge in [0.25, 0.3) is 0 Å². The van der Waals surface area contributed by atoms with Gasteiger partial charge in [-0.05, 0) is 22.0 Å². The van der Waals surface area contributed by atoms with E-state index in [9.17, 15) is 9.90 Å². The van der Waals surface area contributed by atoms with E-state index in [0.29, 0.717) is 23.3 Å². The highest BCUT2D eigenvalue weighted by Crippen LogP contribution is 2.27. The summed E-state index contributed by atoms with van der Waals surface area (Å²) in [6.45, 7) is 0.546. The van der Waals surface area contributed by atoms with E-state index >= 15 is 0 Å². The number of carbonyl (C=O) groups is 1. The van der Waals surface area contributed by atoms with Crippen molar-refractivity contribution in [2.75, 3.05) is 5.32 Å². The van der Waals surface area contributed by atoms with Crippen molar-refractivity contribution in [1.82, 2.24) is 14.8 Å². The topological polar surface area (TPSA) is 80.0 Å². The van der Waals surface area contributed by atoms with Crippen molar-refractivity contribution in [2.24, 2.45) is 7.05 Å². The molecule has 0 saturated carbocycles. The molecule has 0 fully saturated rings. The van der Waals surface area contributed by atoms with Crippen LogP contribution in [0.3, 0.4) is 0 Å². The first-order valence-corrected chi connectivity index (χ1v) is 7.74. The molecule has 0 saturated heterocycles. The molecular formula is C13H11BrN4O2S. The molecule has 3 rings (SSSR count). The fraction of sp³-hybridized carbons (Fsp3) is 0.154. The molecule has 3 heterocycles. The Morgan fingerprint density at radius 1 is 1.52 bits per heavy atom. The van der Waals surface area contributed by atoms with Gasteiger partial charge >= 0.3 is 5.97 Å². The molecule has 0 aliphatic carbocycles. The Bertz CT molecular complexity index is 827. The molecule has 0 amide bonds. The van der Waals surface area contributed by atoms with Gasteiger partial charge in [0.15, 0.2) is 5.65 Å². The molecule has 0 radical (unpaired) electrons. The molecule has 0 bridgehead atoms. The van der Waals surface area contributed by atoms with Crippen molar-refractivity contribution in [3.05, 3.63) is 38.8 Å². The quantitative estimate of drug-likeness (QED) is 0.741. The number of halogens is 1. The van der Waals surface area contributed by atoms with Gasteiger partial charge in [0, 0.05) is 34.5 Å². The first-order chi connectivity index (χ1) is 10.1. The van der Waals surface area contributed by atoms with Gasteiger partial charge in [-0.25, -0.2) is 9.78 Å². The smallest absolute Gasteiger partial charge is 0.339 e. The number of anilines is 1. The van der Waals surface area contributed by atoms with Crippen molar-refractivity contribution < 1.29 is 9.90 Å². The van der Waals surface area contributed by atoms with E-state index in [1.165, 1.54) is 6.20 Å². The van der Waals surface area contributed by atoms with E-state index in [0.717, 1.165) is 9.35 Å². The number of carboxylic acid groups (broad SMARTS) is 1. The minimum absolute atomic E-state index is 0.145. The number of rotatable bonds is 4. The summed E-state index contributed by atoms with van der Waals surface area (Å²) in [5.41, 5.74) is 1.34. The van der Waals surface area contributed by atoms with Gasteiger partial charge in [0.05, 0.1) is 17.3 Å². The first-order valence-electron chi connectivity index (χ1n) is 6.07. The molecule has 3 aromatic rings. The fourth-order valence-electron chi connectivity index (χ4n) is 2.07. The van der Waals surface area contributed by atoms with Crippen LogP contribution in [-0.4, -0.2) is 25.8 Å². The Balaban J connectivity index is 2.01. The molecule has 2 N–H and O–H groups in total. The molecule has 3 aromatic heterocycles. The van der Waals surface area contributed by atoms with Crippen LogP contribution in [0.5, 0.6) is 0 Å². The van der Waals surface area contributed by atoms with Gasteiger partial charge in [-0.1, -0.05) is 0 Å². The molecule has 0 aliphatic heterocycles. The Labute approximate surface area is 132 Å². The second-order valence-corrected chi connectivity index (χ2v) is 6.35. The lowest BCUT2D eigenvalue weighted by Crippen LogP contribution is -2.07. The number of pyridine rings is 1. The highest BCUT2D eigenvalue weighted by Gasteiger charge is 2.16. The lowest BCUT2D eigenvalue weighted by molar-refractivity contribution is 0.0697. The third-order valence-corrected chi connectivity index (χ3v) is 4.75. The van der Waals surface area contributed by atoms with Gasteiger partial charge in [0.1, 0.15) is 5.56 Å². The van der Waals surface area contributed by atoms with Gasteiger partial charge in [-0.15, -0.1) is 11.3 Å². The van der Waals surface area contributed by atoms with Crippen molar-refractivity contribution in [3.63, 3.8) is 0 Å². The SMILES string of the molecule is Cn1ncc2c(NCc3cc(Br)cs3)c(C(=O)O)cnc21. The summed E-state index contributed by atoms with van der Waals surface area (Å²) in [4.78, 5) is 16.6. The molecular weight excluding hydrogens is 356 g/mol. The van der Waals surface area contributed by atoms with Crippen LogP contribution in [0.2, 0.25) is 0 Å². The molecule has 8 heteroatoms. The number of nitrogens with zero attached hydrogens (tertiary/aromatic N) is 3. The largest absolute Gasteiger partial charge is 0.478 e. The maximum absolute atomic E-state index is 11.4. The van der Waals surface area contributed by atoms with Gasteiger partial charge in [-0.3, -0.25) is 4.68 Å². The normalized spacial score (nSPS) is 11.0. The molecule has 0 spiro atoms. The number of nitrogens with one attached hydrogen (secondary N) is 1. The standard InChI is InChI=1S/C13H11BrN4O2S/c1-18-12-9(5-17-18)11(10(4-16-12)13(19)20)15-3-8-2-7(14)6-21-8/h2,4-6H,3H2,1H3,(H,15,16)(H,19,20). The lowest BCUT2D eigenvalue weighted by Gasteiger charge is -2.09. The first kappa shape index (κ1) is 14.0. The molecule has 21 heavy (non-hydrogen) atoms. The van der Waals surface area contributed by atoms with E-state index in [1.807, 2.05) is 11.4 Å². The van der Waals surface area contributed by atoms with Crippen LogP contribution < -0.4 is 5.32 Å². The zero-order chi connectivity index (χ0) is 15.0. The van der Waals surface area contributed by atoms with Gasteiger partial charge in [0.2, 0.25) is 0 Å². The Kier molecular flexibility index (Phi) is 3.64. The minimum Gasteiger partial charge on any atom is -0.478 e. The Hall–Kier alpha value is -1.93. The second kappa shape index (κ2) is 5.45. The number of fused-ring (bicyclic) bond motifs is 1. The molecule has 108 valence electrons. The Morgan fingerprint density at radius 2 is 2.33 bits per heavy atom. The van der Waals surface area contributed by atoms with Crippen LogP contribution in [0.15, 0.2) is 28.3 Å². The zero-order valence-electron chi connectivity index (χ0n) is 11.0. The number of thiophene rings is 1. The summed E-state index contributed by atoms with van der Waals surface area (Å²) in [6.07, 6.45) is 2.99. The van der Waals surface area contributed by atoms with E-state index in [2.05, 4.69) is 31.3 Å². The molecule has 0 aliphatic rings. The van der Waals surface area contributed by atoms with Crippen molar-refractivity contribution in [2.45, 2.75) is 6.54 Å². The molecule has 0 unspecified atom stereocenters. The number of aromatic carboxylic acids is 1. The van der Waals surface area contributed by atoms with Gasteiger partial charge in [-0.2, -0.15) is 5.10 Å². The van der Waals surface area contributed by atoms with E-state index < -0.39 is 5.97 Å². The van der Waals surface area contributed by atoms with Crippen LogP contribution in [0.1, 0.15) is 15.2 Å². The summed E-state index contributed by atoms with van der Waals surface area (Å²) >= 11 is 5.00. The predicted molar refractivity (Wildman–Crippen MR) is 84.8 cm³/mol. The summed E-state index contributed by atoms with van der Waals surface area (Å²) in [6, 6.07) is 2.00. The third-order valence-electron chi connectivity index (χ3n) is 3.05. The lowest BCUT2D eigenvalue weighted by atomic mass is 10.2. The highest BCUT2D eigenvalue weighted by molar-refractivity contribution is 9.10. The average Bonchev–Trinajstić information content (AvgIpc) is 3.03. The summed E-state index contributed by atoms with van der Waals surface area (Å²) in [5.74, 6) is -1.01. The van der Waals surface area contributed by atoms with Crippen LogP contribution in [0.25, 0.3) is 11.0 Å². The van der Waals surface area contributed by atoms with Crippen LogP contribution >= 0.6 is 27.3 Å². The summed E-state index contributed by atoms with van der Waals surface area (Å²) < 4.78 is 2.64. The number of aryl methyl sites for hydroxylation is 1. The average molecular weight is 367 g/mol. The van der Waals surface area contributed by atoms with Crippen molar-refractivity contribution in [1.29, 1.82) is 0 Å². The zero-order valence-corrected chi connectivity index (χ0v) is 13.4. The predicted octanol–water partition coefficient (Wildman–Crippen LogP) is 3.10. The van der Waals surface area contributed by atoms with E-state index in [-0.39, 0.29) is 5.56 Å². The highest BCUT2D eigenvalue weighted by atomic mass is 79.9. The van der Waals surface area contributed by atoms with Crippen molar-refractivity contribution >= 4 is 50.0 Å². The number of hydrogen-bond acceptors (Lipinski definition) is 5. The van der Waals surface area contributed by atoms with Crippen LogP contribution in [0.4, 0.5) is 5.69 Å². The molecule has 0 aromatic carbocycles. The maximum atomic E-state index is 11.4.